The molecule has 0 aromatic carbocycles. The molecule has 3 nitrogen and oxygen atoms in total. The van der Waals surface area contributed by atoms with Gasteiger partial charge in [0.2, 0.25) is 0 Å². The summed E-state index contributed by atoms with van der Waals surface area (Å²) in [5, 5.41) is 13.0. The second-order valence-electron chi connectivity index (χ2n) is 6.72. The third kappa shape index (κ3) is 5.55. The Morgan fingerprint density at radius 3 is 2.40 bits per heavy atom. The van der Waals surface area contributed by atoms with Gasteiger partial charge in [-0.05, 0) is 36.8 Å². The lowest BCUT2D eigenvalue weighted by atomic mass is 9.86. The fourth-order valence-corrected chi connectivity index (χ4v) is 2.51. The maximum Gasteiger partial charge on any atom is 0.141 e. The number of nitrogens with zero attached hydrogens (tertiary/aromatic N) is 1. The SMILES string of the molecule is CC(O)CC(C)(C)CNC(c1ccc(F)cn1)C(C)C. The third-order valence-electron chi connectivity index (χ3n) is 3.38. The molecule has 0 fully saturated rings. The van der Waals surface area contributed by atoms with E-state index >= 15 is 0 Å². The molecule has 2 atom stereocenters. The van der Waals surface area contributed by atoms with Gasteiger partial charge in [0.25, 0.3) is 0 Å². The average Bonchev–Trinajstić information content (AvgIpc) is 2.29. The van der Waals surface area contributed by atoms with Crippen LogP contribution in [0, 0.1) is 17.2 Å². The molecule has 1 aromatic heterocycles. The summed E-state index contributed by atoms with van der Waals surface area (Å²) in [4.78, 5) is 4.17. The summed E-state index contributed by atoms with van der Waals surface area (Å²) in [5.41, 5.74) is 0.857. The predicted molar refractivity (Wildman–Crippen MR) is 79.9 cm³/mol. The molecular formula is C16H27FN2O. The lowest BCUT2D eigenvalue weighted by Crippen LogP contribution is -2.36. The first-order valence-corrected chi connectivity index (χ1v) is 7.24. The topological polar surface area (TPSA) is 45.1 Å². The molecule has 0 aliphatic rings. The smallest absolute Gasteiger partial charge is 0.141 e. The zero-order valence-corrected chi connectivity index (χ0v) is 13.2. The standard InChI is InChI=1S/C16H27FN2O/c1-11(2)15(14-7-6-13(17)9-18-14)19-10-16(4,5)8-12(3)20/h6-7,9,11-12,15,19-20H,8,10H2,1-5H3. The van der Waals surface area contributed by atoms with Crippen LogP contribution in [0.5, 0.6) is 0 Å². The maximum absolute atomic E-state index is 13.0. The summed E-state index contributed by atoms with van der Waals surface area (Å²) >= 11 is 0. The van der Waals surface area contributed by atoms with E-state index in [1.54, 1.807) is 6.07 Å². The Bertz CT molecular complexity index is 401. The van der Waals surface area contributed by atoms with Gasteiger partial charge >= 0.3 is 0 Å². The van der Waals surface area contributed by atoms with E-state index in [1.165, 1.54) is 12.3 Å². The number of hydrogen-bond acceptors (Lipinski definition) is 3. The lowest BCUT2D eigenvalue weighted by Gasteiger charge is -2.30. The van der Waals surface area contributed by atoms with Gasteiger partial charge in [0.15, 0.2) is 0 Å². The van der Waals surface area contributed by atoms with Gasteiger partial charge in [-0.15, -0.1) is 0 Å². The molecule has 0 saturated carbocycles. The van der Waals surface area contributed by atoms with Gasteiger partial charge in [0, 0.05) is 6.54 Å². The zero-order chi connectivity index (χ0) is 15.3. The Morgan fingerprint density at radius 2 is 1.95 bits per heavy atom. The van der Waals surface area contributed by atoms with E-state index in [0.717, 1.165) is 18.7 Å². The molecule has 0 spiro atoms. The minimum atomic E-state index is -0.314. The second kappa shape index (κ2) is 7.14. The van der Waals surface area contributed by atoms with Gasteiger partial charge in [-0.3, -0.25) is 4.98 Å². The van der Waals surface area contributed by atoms with Crippen molar-refractivity contribution in [2.24, 2.45) is 11.3 Å². The van der Waals surface area contributed by atoms with Crippen LogP contribution in [0.25, 0.3) is 0 Å². The summed E-state index contributed by atoms with van der Waals surface area (Å²) in [6.45, 7) is 11.1. The molecule has 1 heterocycles. The number of nitrogens with one attached hydrogen (secondary N) is 1. The van der Waals surface area contributed by atoms with E-state index in [-0.39, 0.29) is 23.4 Å². The normalized spacial score (nSPS) is 15.4. The molecule has 2 unspecified atom stereocenters. The third-order valence-corrected chi connectivity index (χ3v) is 3.38. The molecule has 1 rings (SSSR count). The average molecular weight is 282 g/mol. The van der Waals surface area contributed by atoms with Gasteiger partial charge < -0.3 is 10.4 Å². The van der Waals surface area contributed by atoms with Gasteiger partial charge in [-0.1, -0.05) is 27.7 Å². The molecule has 0 aliphatic heterocycles. The number of hydrogen-bond donors (Lipinski definition) is 2. The van der Waals surface area contributed by atoms with Crippen molar-refractivity contribution in [2.75, 3.05) is 6.54 Å². The van der Waals surface area contributed by atoms with Crippen molar-refractivity contribution in [1.82, 2.24) is 10.3 Å². The van der Waals surface area contributed by atoms with Crippen molar-refractivity contribution >= 4 is 0 Å². The fraction of sp³-hybridized carbons (Fsp3) is 0.688. The molecule has 0 aliphatic carbocycles. The van der Waals surface area contributed by atoms with E-state index in [9.17, 15) is 9.50 Å². The van der Waals surface area contributed by atoms with Crippen molar-refractivity contribution < 1.29 is 9.50 Å². The number of halogens is 1. The van der Waals surface area contributed by atoms with Gasteiger partial charge in [-0.25, -0.2) is 4.39 Å². The van der Waals surface area contributed by atoms with Crippen LogP contribution in [-0.2, 0) is 0 Å². The summed E-state index contributed by atoms with van der Waals surface area (Å²) in [6, 6.07) is 3.26. The second-order valence-corrected chi connectivity index (χ2v) is 6.72. The van der Waals surface area contributed by atoms with Crippen molar-refractivity contribution in [3.05, 3.63) is 29.8 Å². The highest BCUT2D eigenvalue weighted by atomic mass is 19.1. The molecule has 20 heavy (non-hydrogen) atoms. The molecule has 0 radical (unpaired) electrons. The minimum Gasteiger partial charge on any atom is -0.393 e. The largest absolute Gasteiger partial charge is 0.393 e. The van der Waals surface area contributed by atoms with E-state index in [4.69, 9.17) is 0 Å². The van der Waals surface area contributed by atoms with Crippen molar-refractivity contribution in [3.63, 3.8) is 0 Å². The Labute approximate surface area is 121 Å². The minimum absolute atomic E-state index is 0.00133. The molecular weight excluding hydrogens is 255 g/mol. The highest BCUT2D eigenvalue weighted by Crippen LogP contribution is 2.25. The first-order chi connectivity index (χ1) is 9.21. The molecule has 0 amide bonds. The summed E-state index contributed by atoms with van der Waals surface area (Å²) in [5.74, 6) is 0.0426. The van der Waals surface area contributed by atoms with Crippen LogP contribution in [0.4, 0.5) is 4.39 Å². The van der Waals surface area contributed by atoms with E-state index in [1.807, 2.05) is 6.92 Å². The Kier molecular flexibility index (Phi) is 6.08. The quantitative estimate of drug-likeness (QED) is 0.806. The molecule has 114 valence electrons. The molecule has 2 N–H and O–H groups in total. The molecule has 4 heteroatoms. The van der Waals surface area contributed by atoms with Crippen LogP contribution in [0.1, 0.15) is 52.8 Å². The first-order valence-electron chi connectivity index (χ1n) is 7.24. The van der Waals surface area contributed by atoms with Crippen LogP contribution in [0.15, 0.2) is 18.3 Å². The maximum atomic E-state index is 13.0. The van der Waals surface area contributed by atoms with Gasteiger partial charge in [0.05, 0.1) is 24.0 Å². The molecule has 0 bridgehead atoms. The number of aromatic nitrogens is 1. The monoisotopic (exact) mass is 282 g/mol. The Balaban J connectivity index is 2.71. The van der Waals surface area contributed by atoms with Crippen LogP contribution in [0.2, 0.25) is 0 Å². The molecule has 0 saturated heterocycles. The summed E-state index contributed by atoms with van der Waals surface area (Å²) in [6.07, 6.45) is 1.68. The Hall–Kier alpha value is -1.00. The van der Waals surface area contributed by atoms with Crippen LogP contribution in [-0.4, -0.2) is 22.7 Å². The number of aliphatic hydroxyl groups excluding tert-OH is 1. The predicted octanol–water partition coefficient (Wildman–Crippen LogP) is 3.30. The number of rotatable bonds is 7. The fourth-order valence-electron chi connectivity index (χ4n) is 2.51. The van der Waals surface area contributed by atoms with Crippen molar-refractivity contribution in [3.8, 4) is 0 Å². The highest BCUT2D eigenvalue weighted by molar-refractivity contribution is 5.10. The van der Waals surface area contributed by atoms with E-state index in [2.05, 4.69) is 38.0 Å². The van der Waals surface area contributed by atoms with Crippen molar-refractivity contribution in [1.29, 1.82) is 0 Å². The summed E-state index contributed by atoms with van der Waals surface area (Å²) in [7, 11) is 0. The summed E-state index contributed by atoms with van der Waals surface area (Å²) < 4.78 is 13.0. The van der Waals surface area contributed by atoms with Gasteiger partial charge in [-0.2, -0.15) is 0 Å². The van der Waals surface area contributed by atoms with Gasteiger partial charge in [0.1, 0.15) is 5.82 Å². The molecule has 1 aromatic rings. The number of pyridine rings is 1. The lowest BCUT2D eigenvalue weighted by molar-refractivity contribution is 0.125. The van der Waals surface area contributed by atoms with E-state index in [0.29, 0.717) is 5.92 Å². The van der Waals surface area contributed by atoms with Crippen molar-refractivity contribution in [2.45, 2.75) is 53.2 Å². The number of aliphatic hydroxyl groups is 1. The zero-order valence-electron chi connectivity index (χ0n) is 13.2. The Morgan fingerprint density at radius 1 is 1.30 bits per heavy atom. The van der Waals surface area contributed by atoms with Crippen LogP contribution in [0.3, 0.4) is 0 Å². The van der Waals surface area contributed by atoms with E-state index < -0.39 is 0 Å². The first kappa shape index (κ1) is 17.1. The van der Waals surface area contributed by atoms with Crippen LogP contribution < -0.4 is 5.32 Å². The van der Waals surface area contributed by atoms with Crippen LogP contribution >= 0.6 is 0 Å². The highest BCUT2D eigenvalue weighted by Gasteiger charge is 2.24.